The van der Waals surface area contributed by atoms with Crippen LogP contribution in [0.3, 0.4) is 0 Å². The molecule has 5 nitrogen and oxygen atoms in total. The number of hydrogen-bond donors (Lipinski definition) is 2. The lowest BCUT2D eigenvalue weighted by Gasteiger charge is -2.23. The minimum atomic E-state index is -0.0407. The lowest BCUT2D eigenvalue weighted by Crippen LogP contribution is -2.27. The first-order valence-electron chi connectivity index (χ1n) is 9.73. The van der Waals surface area contributed by atoms with Crippen molar-refractivity contribution in [2.24, 2.45) is 0 Å². The van der Waals surface area contributed by atoms with Crippen molar-refractivity contribution in [1.82, 2.24) is 4.98 Å². The number of anilines is 2. The van der Waals surface area contributed by atoms with E-state index in [1.165, 1.54) is 0 Å². The van der Waals surface area contributed by atoms with E-state index in [1.807, 2.05) is 61.5 Å². The monoisotopic (exact) mass is 409 g/mol. The maximum absolute atomic E-state index is 9.94. The number of pyridine rings is 1. The van der Waals surface area contributed by atoms with Crippen LogP contribution in [-0.2, 0) is 6.61 Å². The van der Waals surface area contributed by atoms with Crippen LogP contribution in [0.25, 0.3) is 0 Å². The number of benzene rings is 2. The molecule has 0 unspecified atom stereocenters. The zero-order valence-electron chi connectivity index (χ0n) is 16.3. The average molecular weight is 410 g/mol. The Morgan fingerprint density at radius 2 is 2.07 bits per heavy atom. The van der Waals surface area contributed by atoms with E-state index < -0.39 is 0 Å². The summed E-state index contributed by atoms with van der Waals surface area (Å²) in [5.74, 6) is 2.26. The van der Waals surface area contributed by atoms with Gasteiger partial charge in [-0.25, -0.2) is 4.98 Å². The summed E-state index contributed by atoms with van der Waals surface area (Å²) in [5.41, 5.74) is 2.96. The average Bonchev–Trinajstić information content (AvgIpc) is 3.19. The lowest BCUT2D eigenvalue weighted by atomic mass is 10.1. The molecule has 0 spiro atoms. The van der Waals surface area contributed by atoms with Gasteiger partial charge in [0.1, 0.15) is 17.3 Å². The van der Waals surface area contributed by atoms with E-state index in [0.29, 0.717) is 10.8 Å². The fourth-order valence-corrected chi connectivity index (χ4v) is 3.82. The molecule has 2 aromatic carbocycles. The van der Waals surface area contributed by atoms with Crippen LogP contribution in [0, 0.1) is 6.92 Å². The second-order valence-corrected chi connectivity index (χ2v) is 7.63. The van der Waals surface area contributed by atoms with Crippen molar-refractivity contribution in [1.29, 1.82) is 0 Å². The van der Waals surface area contributed by atoms with E-state index in [1.54, 1.807) is 6.20 Å². The highest BCUT2D eigenvalue weighted by molar-refractivity contribution is 6.32. The van der Waals surface area contributed by atoms with Crippen LogP contribution in [0.2, 0.25) is 5.02 Å². The highest BCUT2D eigenvalue weighted by Gasteiger charge is 2.25. The molecule has 1 aromatic heterocycles. The molecular formula is C23H24ClN3O2. The van der Waals surface area contributed by atoms with Crippen molar-refractivity contribution in [2.75, 3.05) is 23.3 Å². The van der Waals surface area contributed by atoms with Gasteiger partial charge in [-0.3, -0.25) is 0 Å². The van der Waals surface area contributed by atoms with Crippen molar-refractivity contribution in [3.8, 4) is 11.5 Å². The van der Waals surface area contributed by atoms with Gasteiger partial charge >= 0.3 is 0 Å². The quantitative estimate of drug-likeness (QED) is 0.598. The van der Waals surface area contributed by atoms with E-state index in [0.717, 1.165) is 47.8 Å². The number of ether oxygens (including phenoxy) is 1. The van der Waals surface area contributed by atoms with E-state index >= 15 is 0 Å². The third kappa shape index (κ3) is 4.47. The lowest BCUT2D eigenvalue weighted by molar-refractivity contribution is 0.281. The smallest absolute Gasteiger partial charge is 0.145 e. The number of nitrogens with one attached hydrogen (secondary N) is 1. The van der Waals surface area contributed by atoms with Crippen molar-refractivity contribution in [3.63, 3.8) is 0 Å². The molecule has 6 heteroatoms. The van der Waals surface area contributed by atoms with Gasteiger partial charge in [0.25, 0.3) is 0 Å². The Morgan fingerprint density at radius 3 is 2.86 bits per heavy atom. The fourth-order valence-electron chi connectivity index (χ4n) is 3.64. The van der Waals surface area contributed by atoms with Crippen molar-refractivity contribution in [2.45, 2.75) is 26.0 Å². The van der Waals surface area contributed by atoms with Gasteiger partial charge in [0, 0.05) is 36.6 Å². The standard InChI is InChI=1S/C23H24ClN3O2/c1-16-5-2-3-7-22(16)29-19-8-9-21(17(13-19)15-28)27-12-10-18(14-27)26-23-20(24)6-4-11-25-23/h2-9,11,13,18,28H,10,12,14-15H2,1H3,(H,25,26)/t18-/m0/s1. The number of aromatic nitrogens is 1. The molecule has 0 aliphatic carbocycles. The normalized spacial score (nSPS) is 16.1. The molecule has 1 fully saturated rings. The van der Waals surface area contributed by atoms with Crippen molar-refractivity contribution >= 4 is 23.1 Å². The van der Waals surface area contributed by atoms with E-state index in [-0.39, 0.29) is 12.6 Å². The van der Waals surface area contributed by atoms with Gasteiger partial charge in [0.15, 0.2) is 0 Å². The molecular weight excluding hydrogens is 386 g/mol. The molecule has 0 radical (unpaired) electrons. The Balaban J connectivity index is 1.47. The number of halogens is 1. The first kappa shape index (κ1) is 19.6. The molecule has 29 heavy (non-hydrogen) atoms. The summed E-state index contributed by atoms with van der Waals surface area (Å²) in [6.45, 7) is 3.69. The number of hydrogen-bond acceptors (Lipinski definition) is 5. The van der Waals surface area contributed by atoms with Gasteiger partial charge in [0.2, 0.25) is 0 Å². The third-order valence-corrected chi connectivity index (χ3v) is 5.48. The summed E-state index contributed by atoms with van der Waals surface area (Å²) in [5, 5.41) is 14.0. The maximum atomic E-state index is 9.94. The Kier molecular flexibility index (Phi) is 5.88. The van der Waals surface area contributed by atoms with Gasteiger partial charge in [-0.05, 0) is 55.3 Å². The Bertz CT molecular complexity index is 995. The van der Waals surface area contributed by atoms with Gasteiger partial charge in [-0.2, -0.15) is 0 Å². The molecule has 0 amide bonds. The van der Waals surface area contributed by atoms with Crippen LogP contribution >= 0.6 is 11.6 Å². The van der Waals surface area contributed by atoms with Gasteiger partial charge < -0.3 is 20.1 Å². The minimum Gasteiger partial charge on any atom is -0.457 e. The topological polar surface area (TPSA) is 57.6 Å². The van der Waals surface area contributed by atoms with E-state index in [4.69, 9.17) is 16.3 Å². The molecule has 4 rings (SSSR count). The molecule has 1 aliphatic rings. The van der Waals surface area contributed by atoms with Crippen LogP contribution in [0.1, 0.15) is 17.5 Å². The van der Waals surface area contributed by atoms with E-state index in [2.05, 4.69) is 15.2 Å². The SMILES string of the molecule is Cc1ccccc1Oc1ccc(N2CC[C@H](Nc3ncccc3Cl)C2)c(CO)c1. The highest BCUT2D eigenvalue weighted by Crippen LogP contribution is 2.32. The second kappa shape index (κ2) is 8.72. The van der Waals surface area contributed by atoms with Crippen molar-refractivity contribution < 1.29 is 9.84 Å². The Labute approximate surface area is 175 Å². The molecule has 3 aromatic rings. The fraction of sp³-hybridized carbons (Fsp3) is 0.261. The molecule has 1 atom stereocenters. The summed E-state index contributed by atoms with van der Waals surface area (Å²) in [6, 6.07) is 17.7. The predicted octanol–water partition coefficient (Wildman–Crippen LogP) is 5.02. The zero-order chi connectivity index (χ0) is 20.2. The summed E-state index contributed by atoms with van der Waals surface area (Å²) in [4.78, 5) is 6.59. The molecule has 0 saturated carbocycles. The number of para-hydroxylation sites is 1. The Hall–Kier alpha value is -2.76. The number of aliphatic hydroxyl groups excluding tert-OH is 1. The second-order valence-electron chi connectivity index (χ2n) is 7.23. The Morgan fingerprint density at radius 1 is 1.21 bits per heavy atom. The first-order valence-corrected chi connectivity index (χ1v) is 10.1. The number of rotatable bonds is 6. The molecule has 2 heterocycles. The van der Waals surface area contributed by atoms with Crippen LogP contribution in [0.15, 0.2) is 60.8 Å². The molecule has 150 valence electrons. The van der Waals surface area contributed by atoms with Crippen molar-refractivity contribution in [3.05, 3.63) is 76.9 Å². The van der Waals surface area contributed by atoms with E-state index in [9.17, 15) is 5.11 Å². The minimum absolute atomic E-state index is 0.0407. The van der Waals surface area contributed by atoms with Crippen LogP contribution in [0.5, 0.6) is 11.5 Å². The summed E-state index contributed by atoms with van der Waals surface area (Å²) in [7, 11) is 0. The third-order valence-electron chi connectivity index (χ3n) is 5.17. The summed E-state index contributed by atoms with van der Waals surface area (Å²) >= 11 is 6.21. The molecule has 2 N–H and O–H groups in total. The van der Waals surface area contributed by atoms with Crippen LogP contribution in [0.4, 0.5) is 11.5 Å². The number of aliphatic hydroxyl groups is 1. The van der Waals surface area contributed by atoms with Gasteiger partial charge in [0.05, 0.1) is 11.6 Å². The highest BCUT2D eigenvalue weighted by atomic mass is 35.5. The van der Waals surface area contributed by atoms with Gasteiger partial charge in [-0.15, -0.1) is 0 Å². The summed E-state index contributed by atoms with van der Waals surface area (Å²) < 4.78 is 6.02. The zero-order valence-corrected chi connectivity index (χ0v) is 17.1. The van der Waals surface area contributed by atoms with Crippen LogP contribution in [-0.4, -0.2) is 29.2 Å². The first-order chi connectivity index (χ1) is 14.1. The van der Waals surface area contributed by atoms with Gasteiger partial charge in [-0.1, -0.05) is 29.8 Å². The largest absolute Gasteiger partial charge is 0.457 e. The molecule has 1 saturated heterocycles. The molecule has 1 aliphatic heterocycles. The summed E-state index contributed by atoms with van der Waals surface area (Å²) in [6.07, 6.45) is 2.71. The predicted molar refractivity (Wildman–Crippen MR) is 117 cm³/mol. The molecule has 0 bridgehead atoms. The maximum Gasteiger partial charge on any atom is 0.145 e. The number of nitrogens with zero attached hydrogens (tertiary/aromatic N) is 2. The number of aryl methyl sites for hydroxylation is 1. The van der Waals surface area contributed by atoms with Crippen LogP contribution < -0.4 is 15.0 Å².